The van der Waals surface area contributed by atoms with Gasteiger partial charge in [0.15, 0.2) is 9.84 Å². The highest BCUT2D eigenvalue weighted by Crippen LogP contribution is 2.23. The van der Waals surface area contributed by atoms with Gasteiger partial charge in [-0.1, -0.05) is 13.8 Å². The van der Waals surface area contributed by atoms with Crippen molar-refractivity contribution in [2.24, 2.45) is 0 Å². The molecular formula is C14H19N3O3S. The third-order valence-corrected chi connectivity index (χ3v) is 4.26. The second kappa shape index (κ2) is 6.36. The highest BCUT2D eigenvalue weighted by atomic mass is 32.2. The van der Waals surface area contributed by atoms with Gasteiger partial charge >= 0.3 is 0 Å². The summed E-state index contributed by atoms with van der Waals surface area (Å²) in [4.78, 5) is 0.269. The summed E-state index contributed by atoms with van der Waals surface area (Å²) in [7, 11) is -3.20. The Labute approximate surface area is 124 Å². The van der Waals surface area contributed by atoms with Crippen molar-refractivity contribution < 1.29 is 12.8 Å². The number of hydrogen-bond donors (Lipinski definition) is 1. The Morgan fingerprint density at radius 1 is 1.19 bits per heavy atom. The van der Waals surface area contributed by atoms with Crippen LogP contribution in [0, 0.1) is 0 Å². The van der Waals surface area contributed by atoms with Gasteiger partial charge in [0.25, 0.3) is 0 Å². The summed E-state index contributed by atoms with van der Waals surface area (Å²) in [6.45, 7) is 4.88. The van der Waals surface area contributed by atoms with E-state index in [-0.39, 0.29) is 10.9 Å². The van der Waals surface area contributed by atoms with Crippen molar-refractivity contribution in [2.75, 3.05) is 12.8 Å². The quantitative estimate of drug-likeness (QED) is 0.880. The summed E-state index contributed by atoms with van der Waals surface area (Å²) in [6.07, 6.45) is 2.03. The molecule has 0 spiro atoms. The molecule has 1 aromatic heterocycles. The summed E-state index contributed by atoms with van der Waals surface area (Å²) in [5.74, 6) is 0.933. The molecule has 21 heavy (non-hydrogen) atoms. The number of aromatic nitrogens is 2. The van der Waals surface area contributed by atoms with Crippen LogP contribution in [0.4, 0.5) is 0 Å². The van der Waals surface area contributed by atoms with E-state index in [9.17, 15) is 8.42 Å². The van der Waals surface area contributed by atoms with Crippen LogP contribution < -0.4 is 5.32 Å². The monoisotopic (exact) mass is 309 g/mol. The van der Waals surface area contributed by atoms with Crippen molar-refractivity contribution in [3.63, 3.8) is 0 Å². The molecule has 1 N–H and O–H groups in total. The van der Waals surface area contributed by atoms with Crippen LogP contribution in [0.1, 0.15) is 32.2 Å². The van der Waals surface area contributed by atoms with E-state index in [0.717, 1.165) is 13.0 Å². The molecule has 0 saturated heterocycles. The molecule has 1 heterocycles. The number of hydrogen-bond acceptors (Lipinski definition) is 6. The molecular weight excluding hydrogens is 290 g/mol. The molecule has 1 unspecified atom stereocenters. The molecule has 2 rings (SSSR count). The Bertz CT molecular complexity index is 693. The molecule has 0 radical (unpaired) electrons. The summed E-state index contributed by atoms with van der Waals surface area (Å²) in [6, 6.07) is 6.45. The lowest BCUT2D eigenvalue weighted by atomic mass is 10.2. The van der Waals surface area contributed by atoms with E-state index >= 15 is 0 Å². The Balaban J connectivity index is 2.25. The van der Waals surface area contributed by atoms with Gasteiger partial charge < -0.3 is 9.73 Å². The number of benzene rings is 1. The van der Waals surface area contributed by atoms with E-state index < -0.39 is 9.84 Å². The second-order valence-electron chi connectivity index (χ2n) is 4.76. The largest absolute Gasteiger partial charge is 0.419 e. The van der Waals surface area contributed by atoms with Gasteiger partial charge in [0.05, 0.1) is 10.9 Å². The van der Waals surface area contributed by atoms with Crippen LogP contribution >= 0.6 is 0 Å². The Kier molecular flexibility index (Phi) is 4.74. The first-order chi connectivity index (χ1) is 9.95. The molecule has 0 amide bonds. The van der Waals surface area contributed by atoms with Gasteiger partial charge in [-0.15, -0.1) is 10.2 Å². The van der Waals surface area contributed by atoms with Crippen molar-refractivity contribution >= 4 is 9.84 Å². The number of nitrogens with zero attached hydrogens (tertiary/aromatic N) is 2. The average Bonchev–Trinajstić information content (AvgIpc) is 2.93. The second-order valence-corrected chi connectivity index (χ2v) is 6.78. The first-order valence-electron chi connectivity index (χ1n) is 6.83. The molecule has 1 atom stereocenters. The number of nitrogens with one attached hydrogen (secondary N) is 1. The zero-order valence-corrected chi connectivity index (χ0v) is 13.1. The first-order valence-corrected chi connectivity index (χ1v) is 8.72. The molecule has 0 aliphatic carbocycles. The van der Waals surface area contributed by atoms with Crippen molar-refractivity contribution in [3.8, 4) is 11.5 Å². The van der Waals surface area contributed by atoms with Gasteiger partial charge in [-0.05, 0) is 37.2 Å². The topological polar surface area (TPSA) is 85.1 Å². The molecule has 0 saturated carbocycles. The van der Waals surface area contributed by atoms with Crippen LogP contribution in [0.15, 0.2) is 33.6 Å². The maximum absolute atomic E-state index is 11.4. The summed E-state index contributed by atoms with van der Waals surface area (Å²) in [5, 5.41) is 11.3. The Hall–Kier alpha value is -1.73. The van der Waals surface area contributed by atoms with Gasteiger partial charge in [-0.2, -0.15) is 0 Å². The molecule has 114 valence electrons. The van der Waals surface area contributed by atoms with E-state index in [4.69, 9.17) is 4.42 Å². The molecule has 2 aromatic rings. The standard InChI is InChI=1S/C14H19N3O3S/c1-4-12(15-5-2)14-17-16-13(20-14)10-6-8-11(9-7-10)21(3,18)19/h6-9,12,15H,4-5H2,1-3H3. The fourth-order valence-corrected chi connectivity index (χ4v) is 2.62. The Morgan fingerprint density at radius 2 is 1.86 bits per heavy atom. The van der Waals surface area contributed by atoms with E-state index in [1.54, 1.807) is 12.1 Å². The van der Waals surface area contributed by atoms with Gasteiger partial charge in [-0.25, -0.2) is 8.42 Å². The average molecular weight is 309 g/mol. The van der Waals surface area contributed by atoms with Crippen molar-refractivity contribution in [3.05, 3.63) is 30.2 Å². The predicted molar refractivity (Wildman–Crippen MR) is 79.6 cm³/mol. The van der Waals surface area contributed by atoms with Crippen molar-refractivity contribution in [2.45, 2.75) is 31.2 Å². The molecule has 0 aliphatic heterocycles. The zero-order chi connectivity index (χ0) is 15.5. The van der Waals surface area contributed by atoms with Gasteiger partial charge in [-0.3, -0.25) is 0 Å². The lowest BCUT2D eigenvalue weighted by Crippen LogP contribution is -2.20. The van der Waals surface area contributed by atoms with Crippen LogP contribution in [0.3, 0.4) is 0 Å². The SMILES string of the molecule is CCNC(CC)c1nnc(-c2ccc(S(C)(=O)=O)cc2)o1. The summed E-state index contributed by atoms with van der Waals surface area (Å²) in [5.41, 5.74) is 0.701. The molecule has 0 aliphatic rings. The Morgan fingerprint density at radius 3 is 2.38 bits per heavy atom. The van der Waals surface area contributed by atoms with Crippen molar-refractivity contribution in [1.29, 1.82) is 0 Å². The van der Waals surface area contributed by atoms with Crippen LogP contribution in [0.2, 0.25) is 0 Å². The maximum Gasteiger partial charge on any atom is 0.247 e. The minimum atomic E-state index is -3.20. The maximum atomic E-state index is 11.4. The van der Waals surface area contributed by atoms with Gasteiger partial charge in [0, 0.05) is 11.8 Å². The third-order valence-electron chi connectivity index (χ3n) is 3.13. The lowest BCUT2D eigenvalue weighted by Gasteiger charge is -2.10. The first kappa shape index (κ1) is 15.7. The highest BCUT2D eigenvalue weighted by Gasteiger charge is 2.17. The van der Waals surface area contributed by atoms with Gasteiger partial charge in [0.2, 0.25) is 11.8 Å². The van der Waals surface area contributed by atoms with E-state index in [2.05, 4.69) is 15.5 Å². The third kappa shape index (κ3) is 3.68. The van der Waals surface area contributed by atoms with Crippen molar-refractivity contribution in [1.82, 2.24) is 15.5 Å². The minimum absolute atomic E-state index is 0.0338. The summed E-state index contributed by atoms with van der Waals surface area (Å²) < 4.78 is 28.5. The van der Waals surface area contributed by atoms with E-state index in [1.807, 2.05) is 13.8 Å². The highest BCUT2D eigenvalue weighted by molar-refractivity contribution is 7.90. The predicted octanol–water partition coefficient (Wildman–Crippen LogP) is 2.20. The van der Waals surface area contributed by atoms with Gasteiger partial charge in [0.1, 0.15) is 0 Å². The van der Waals surface area contributed by atoms with Crippen LogP contribution in [-0.2, 0) is 9.84 Å². The minimum Gasteiger partial charge on any atom is -0.419 e. The molecule has 0 fully saturated rings. The van der Waals surface area contributed by atoms with E-state index in [0.29, 0.717) is 17.3 Å². The molecule has 7 heteroatoms. The number of rotatable bonds is 6. The number of sulfone groups is 1. The summed E-state index contributed by atoms with van der Waals surface area (Å²) >= 11 is 0. The molecule has 1 aromatic carbocycles. The molecule has 0 bridgehead atoms. The van der Waals surface area contributed by atoms with E-state index in [1.165, 1.54) is 18.4 Å². The fraction of sp³-hybridized carbons (Fsp3) is 0.429. The smallest absolute Gasteiger partial charge is 0.247 e. The van der Waals surface area contributed by atoms with Crippen LogP contribution in [-0.4, -0.2) is 31.4 Å². The lowest BCUT2D eigenvalue weighted by molar-refractivity contribution is 0.402. The normalized spacial score (nSPS) is 13.3. The zero-order valence-electron chi connectivity index (χ0n) is 12.3. The molecule has 6 nitrogen and oxygen atoms in total. The van der Waals surface area contributed by atoms with Crippen LogP contribution in [0.5, 0.6) is 0 Å². The fourth-order valence-electron chi connectivity index (χ4n) is 1.99. The van der Waals surface area contributed by atoms with Crippen LogP contribution in [0.25, 0.3) is 11.5 Å².